The van der Waals surface area contributed by atoms with Crippen molar-refractivity contribution in [1.82, 2.24) is 4.57 Å². The number of rotatable bonds is 3. The largest absolute Gasteiger partial charge is 0.464 e. The minimum atomic E-state index is -0.350. The van der Waals surface area contributed by atoms with E-state index >= 15 is 0 Å². The quantitative estimate of drug-likeness (QED) is 0.630. The Bertz CT molecular complexity index is 267. The fraction of sp³-hybridized carbons (Fsp3) is 0.375. The minimum absolute atomic E-state index is 0.350. The van der Waals surface area contributed by atoms with Gasteiger partial charge >= 0.3 is 5.97 Å². The van der Waals surface area contributed by atoms with Gasteiger partial charge in [-0.2, -0.15) is 0 Å². The molecule has 1 heterocycles. The second-order valence-electron chi connectivity index (χ2n) is 2.27. The van der Waals surface area contributed by atoms with Gasteiger partial charge in [-0.1, -0.05) is 0 Å². The molecule has 0 atom stereocenters. The second kappa shape index (κ2) is 3.92. The van der Waals surface area contributed by atoms with Crippen molar-refractivity contribution in [3.63, 3.8) is 0 Å². The van der Waals surface area contributed by atoms with Crippen molar-refractivity contribution >= 4 is 5.97 Å². The molecule has 1 rings (SSSR count). The van der Waals surface area contributed by atoms with Crippen molar-refractivity contribution in [3.05, 3.63) is 24.0 Å². The minimum Gasteiger partial charge on any atom is -0.464 e. The van der Waals surface area contributed by atoms with Gasteiger partial charge in [0, 0.05) is 13.3 Å². The van der Waals surface area contributed by atoms with Crippen LogP contribution in [0.2, 0.25) is 0 Å². The van der Waals surface area contributed by atoms with E-state index in [0.717, 1.165) is 0 Å². The second-order valence-corrected chi connectivity index (χ2v) is 2.27. The first-order valence-electron chi connectivity index (χ1n) is 3.52. The van der Waals surface area contributed by atoms with E-state index in [1.807, 2.05) is 0 Å². The van der Waals surface area contributed by atoms with E-state index in [1.54, 1.807) is 30.0 Å². The molecule has 4 nitrogen and oxygen atoms in total. The highest BCUT2D eigenvalue weighted by Crippen LogP contribution is 2.03. The van der Waals surface area contributed by atoms with Crippen LogP contribution in [0.25, 0.3) is 0 Å². The van der Waals surface area contributed by atoms with Gasteiger partial charge in [0.25, 0.3) is 0 Å². The van der Waals surface area contributed by atoms with Crippen LogP contribution < -0.4 is 0 Å². The van der Waals surface area contributed by atoms with E-state index in [0.29, 0.717) is 12.4 Å². The highest BCUT2D eigenvalue weighted by Gasteiger charge is 2.09. The molecule has 0 aromatic carbocycles. The summed E-state index contributed by atoms with van der Waals surface area (Å²) in [4.78, 5) is 11.1. The highest BCUT2D eigenvalue weighted by molar-refractivity contribution is 5.87. The molecule has 0 fully saturated rings. The van der Waals surface area contributed by atoms with Gasteiger partial charge in [-0.25, -0.2) is 4.79 Å². The van der Waals surface area contributed by atoms with Crippen LogP contribution in [0.15, 0.2) is 18.3 Å². The van der Waals surface area contributed by atoms with Crippen molar-refractivity contribution in [1.29, 1.82) is 0 Å². The Morgan fingerprint density at radius 3 is 2.92 bits per heavy atom. The zero-order chi connectivity index (χ0) is 8.97. The van der Waals surface area contributed by atoms with Crippen LogP contribution >= 0.6 is 0 Å². The van der Waals surface area contributed by atoms with Gasteiger partial charge in [-0.15, -0.1) is 0 Å². The van der Waals surface area contributed by atoms with Crippen LogP contribution in [0.1, 0.15) is 10.5 Å². The number of aromatic nitrogens is 1. The number of hydrogen-bond acceptors (Lipinski definition) is 3. The molecule has 4 heteroatoms. The first kappa shape index (κ1) is 8.80. The van der Waals surface area contributed by atoms with E-state index in [2.05, 4.69) is 4.74 Å². The summed E-state index contributed by atoms with van der Waals surface area (Å²) in [6, 6.07) is 3.45. The average Bonchev–Trinajstić information content (AvgIpc) is 2.52. The molecule has 0 aliphatic heterocycles. The van der Waals surface area contributed by atoms with Gasteiger partial charge in [0.1, 0.15) is 12.4 Å². The monoisotopic (exact) mass is 169 g/mol. The van der Waals surface area contributed by atoms with Crippen molar-refractivity contribution in [2.75, 3.05) is 14.2 Å². The maximum Gasteiger partial charge on any atom is 0.354 e. The number of methoxy groups -OCH3 is 2. The Kier molecular flexibility index (Phi) is 2.88. The Hall–Kier alpha value is -1.29. The number of hydrogen-bond donors (Lipinski definition) is 0. The summed E-state index contributed by atoms with van der Waals surface area (Å²) in [7, 11) is 2.92. The first-order valence-corrected chi connectivity index (χ1v) is 3.52. The van der Waals surface area contributed by atoms with Crippen molar-refractivity contribution < 1.29 is 14.3 Å². The lowest BCUT2D eigenvalue weighted by Gasteiger charge is -2.04. The lowest BCUT2D eigenvalue weighted by atomic mass is 10.4. The Morgan fingerprint density at radius 1 is 1.58 bits per heavy atom. The topological polar surface area (TPSA) is 40.5 Å². The number of nitrogens with zero attached hydrogens (tertiary/aromatic N) is 1. The van der Waals surface area contributed by atoms with Crippen LogP contribution in [0.4, 0.5) is 0 Å². The van der Waals surface area contributed by atoms with Crippen LogP contribution in [0.3, 0.4) is 0 Å². The van der Waals surface area contributed by atoms with E-state index in [-0.39, 0.29) is 5.97 Å². The third kappa shape index (κ3) is 1.65. The molecule has 0 amide bonds. The SMILES string of the molecule is COCn1cccc1C(=O)OC. The molecule has 0 aliphatic rings. The first-order chi connectivity index (χ1) is 5.79. The number of carbonyl (C=O) groups excluding carboxylic acids is 1. The Morgan fingerprint density at radius 2 is 2.33 bits per heavy atom. The number of ether oxygens (including phenoxy) is 2. The molecule has 0 radical (unpaired) electrons. The molecule has 66 valence electrons. The lowest BCUT2D eigenvalue weighted by molar-refractivity contribution is 0.0567. The molecule has 0 bridgehead atoms. The molecule has 12 heavy (non-hydrogen) atoms. The van der Waals surface area contributed by atoms with Crippen molar-refractivity contribution in [2.45, 2.75) is 6.73 Å². The molecule has 0 aliphatic carbocycles. The van der Waals surface area contributed by atoms with Crippen LogP contribution in [0, 0.1) is 0 Å². The summed E-state index contributed by atoms with van der Waals surface area (Å²) in [5, 5.41) is 0. The Labute approximate surface area is 70.7 Å². The van der Waals surface area contributed by atoms with E-state index in [4.69, 9.17) is 4.74 Å². The molecule has 0 N–H and O–H groups in total. The van der Waals surface area contributed by atoms with Gasteiger partial charge in [-0.05, 0) is 12.1 Å². The van der Waals surface area contributed by atoms with Gasteiger partial charge in [-0.3, -0.25) is 0 Å². The highest BCUT2D eigenvalue weighted by atomic mass is 16.5. The third-order valence-electron chi connectivity index (χ3n) is 1.49. The normalized spacial score (nSPS) is 9.83. The molecule has 0 saturated carbocycles. The van der Waals surface area contributed by atoms with Crippen molar-refractivity contribution in [3.8, 4) is 0 Å². The van der Waals surface area contributed by atoms with Crippen molar-refractivity contribution in [2.24, 2.45) is 0 Å². The summed E-state index contributed by atoms with van der Waals surface area (Å²) in [5.41, 5.74) is 0.499. The summed E-state index contributed by atoms with van der Waals surface area (Å²) in [6.07, 6.45) is 1.76. The maximum absolute atomic E-state index is 11.1. The summed E-state index contributed by atoms with van der Waals surface area (Å²) in [6.45, 7) is 0.359. The molecule has 0 spiro atoms. The zero-order valence-electron chi connectivity index (χ0n) is 7.11. The molecule has 0 unspecified atom stereocenters. The Balaban J connectivity index is 2.83. The van der Waals surface area contributed by atoms with Gasteiger partial charge in [0.2, 0.25) is 0 Å². The molecule has 1 aromatic heterocycles. The average molecular weight is 169 g/mol. The van der Waals surface area contributed by atoms with E-state index < -0.39 is 0 Å². The third-order valence-corrected chi connectivity index (χ3v) is 1.49. The van der Waals surface area contributed by atoms with Crippen LogP contribution in [-0.2, 0) is 16.2 Å². The van der Waals surface area contributed by atoms with Crippen LogP contribution in [0.5, 0.6) is 0 Å². The number of carbonyl (C=O) groups is 1. The fourth-order valence-corrected chi connectivity index (χ4v) is 0.956. The van der Waals surface area contributed by atoms with Gasteiger partial charge < -0.3 is 14.0 Å². The zero-order valence-corrected chi connectivity index (χ0v) is 7.11. The maximum atomic E-state index is 11.1. The van der Waals surface area contributed by atoms with E-state index in [9.17, 15) is 4.79 Å². The molecular weight excluding hydrogens is 158 g/mol. The lowest BCUT2D eigenvalue weighted by Crippen LogP contribution is -2.10. The predicted molar refractivity (Wildman–Crippen MR) is 42.8 cm³/mol. The number of esters is 1. The predicted octanol–water partition coefficient (Wildman–Crippen LogP) is 0.879. The fourth-order valence-electron chi connectivity index (χ4n) is 0.956. The smallest absolute Gasteiger partial charge is 0.354 e. The standard InChI is InChI=1S/C8H11NO3/c1-11-6-9-5-3-4-7(9)8(10)12-2/h3-5H,6H2,1-2H3. The summed E-state index contributed by atoms with van der Waals surface area (Å²) >= 11 is 0. The van der Waals surface area contributed by atoms with Gasteiger partial charge in [0.15, 0.2) is 0 Å². The molecule has 0 saturated heterocycles. The summed E-state index contributed by atoms with van der Waals surface area (Å²) in [5.74, 6) is -0.350. The summed E-state index contributed by atoms with van der Waals surface area (Å²) < 4.78 is 11.1. The van der Waals surface area contributed by atoms with Gasteiger partial charge in [0.05, 0.1) is 7.11 Å². The molecule has 1 aromatic rings. The molecular formula is C8H11NO3. The van der Waals surface area contributed by atoms with E-state index in [1.165, 1.54) is 7.11 Å². The van der Waals surface area contributed by atoms with Crippen LogP contribution in [-0.4, -0.2) is 24.8 Å².